The molecular weight excluding hydrogens is 300 g/mol. The Labute approximate surface area is 125 Å². The van der Waals surface area contributed by atoms with E-state index in [0.717, 1.165) is 0 Å². The van der Waals surface area contributed by atoms with E-state index in [2.05, 4.69) is 65.1 Å². The lowest BCUT2D eigenvalue weighted by molar-refractivity contribution is 0.230. The smallest absolute Gasteiger partial charge is 0.0489 e. The van der Waals surface area contributed by atoms with Gasteiger partial charge in [0, 0.05) is 28.8 Å². The van der Waals surface area contributed by atoms with Gasteiger partial charge in [-0.2, -0.15) is 0 Å². The number of halogens is 1. The Kier molecular flexibility index (Phi) is 5.28. The van der Waals surface area contributed by atoms with Crippen LogP contribution >= 0.6 is 15.9 Å². The van der Waals surface area contributed by atoms with E-state index in [9.17, 15) is 0 Å². The van der Waals surface area contributed by atoms with Gasteiger partial charge >= 0.3 is 0 Å². The largest absolute Gasteiger partial charge is 0.381 e. The molecule has 0 aliphatic carbocycles. The van der Waals surface area contributed by atoms with Crippen molar-refractivity contribution in [3.05, 3.63) is 28.2 Å². The summed E-state index contributed by atoms with van der Waals surface area (Å²) in [6, 6.07) is 7.78. The minimum Gasteiger partial charge on any atom is -0.381 e. The Balaban J connectivity index is 1.98. The summed E-state index contributed by atoms with van der Waals surface area (Å²) in [5.74, 6) is 0. The summed E-state index contributed by atoms with van der Waals surface area (Å²) in [6.45, 7) is 9.19. The minimum absolute atomic E-state index is 0.599. The third kappa shape index (κ3) is 4.22. The second kappa shape index (κ2) is 6.76. The van der Waals surface area contributed by atoms with Crippen LogP contribution < -0.4 is 5.32 Å². The molecule has 0 radical (unpaired) electrons. The van der Waals surface area contributed by atoms with Gasteiger partial charge in [0.25, 0.3) is 0 Å². The van der Waals surface area contributed by atoms with Crippen molar-refractivity contribution < 1.29 is 0 Å². The van der Waals surface area contributed by atoms with Crippen LogP contribution in [0.4, 0.5) is 5.69 Å². The van der Waals surface area contributed by atoms with Crippen LogP contribution in [0.2, 0.25) is 0 Å². The molecule has 0 aromatic heterocycles. The molecule has 0 amide bonds. The maximum absolute atomic E-state index is 3.72. The van der Waals surface area contributed by atoms with Gasteiger partial charge in [-0.25, -0.2) is 0 Å². The maximum Gasteiger partial charge on any atom is 0.0489 e. The molecule has 0 bridgehead atoms. The second-order valence-corrected chi connectivity index (χ2v) is 6.74. The van der Waals surface area contributed by atoms with Gasteiger partial charge < -0.3 is 10.2 Å². The van der Waals surface area contributed by atoms with Gasteiger partial charge in [-0.3, -0.25) is 0 Å². The molecule has 106 valence electrons. The van der Waals surface area contributed by atoms with Gasteiger partial charge in [-0.05, 0) is 80.2 Å². The third-order valence-corrected chi connectivity index (χ3v) is 4.67. The molecule has 1 aliphatic heterocycles. The zero-order valence-electron chi connectivity index (χ0n) is 12.2. The van der Waals surface area contributed by atoms with Crippen LogP contribution in [0, 0.1) is 6.92 Å². The first kappa shape index (κ1) is 14.9. The Morgan fingerprint density at radius 1 is 1.26 bits per heavy atom. The maximum atomic E-state index is 3.72. The number of benzene rings is 1. The Morgan fingerprint density at radius 2 is 2.05 bits per heavy atom. The van der Waals surface area contributed by atoms with Crippen molar-refractivity contribution in [1.29, 1.82) is 0 Å². The third-order valence-electron chi connectivity index (χ3n) is 3.97. The highest BCUT2D eigenvalue weighted by Gasteiger charge is 2.18. The number of nitrogens with zero attached hydrogens (tertiary/aromatic N) is 1. The van der Waals surface area contributed by atoms with Crippen LogP contribution in [0.5, 0.6) is 0 Å². The van der Waals surface area contributed by atoms with Gasteiger partial charge in [0.05, 0.1) is 0 Å². The van der Waals surface area contributed by atoms with Crippen molar-refractivity contribution in [2.45, 2.75) is 52.1 Å². The molecule has 2 nitrogen and oxygen atoms in total. The number of hydrogen-bond donors (Lipinski definition) is 1. The molecule has 1 unspecified atom stereocenters. The Bertz CT molecular complexity index is 417. The van der Waals surface area contributed by atoms with Gasteiger partial charge in [-0.1, -0.05) is 6.07 Å². The van der Waals surface area contributed by atoms with E-state index in [1.54, 1.807) is 0 Å². The van der Waals surface area contributed by atoms with E-state index in [4.69, 9.17) is 0 Å². The zero-order valence-corrected chi connectivity index (χ0v) is 13.8. The first-order chi connectivity index (χ1) is 9.06. The Hall–Kier alpha value is -0.540. The first-order valence-electron chi connectivity index (χ1n) is 7.33. The summed E-state index contributed by atoms with van der Waals surface area (Å²) >= 11 is 3.64. The molecule has 3 heteroatoms. The highest BCUT2D eigenvalue weighted by molar-refractivity contribution is 9.10. The molecule has 0 spiro atoms. The highest BCUT2D eigenvalue weighted by atomic mass is 79.9. The fourth-order valence-corrected chi connectivity index (χ4v) is 3.11. The van der Waals surface area contributed by atoms with Crippen LogP contribution in [-0.2, 0) is 0 Å². The van der Waals surface area contributed by atoms with Crippen LogP contribution in [0.3, 0.4) is 0 Å². The highest BCUT2D eigenvalue weighted by Crippen LogP contribution is 2.26. The number of anilines is 1. The molecule has 1 fully saturated rings. The lowest BCUT2D eigenvalue weighted by atomic mass is 10.1. The fourth-order valence-electron chi connectivity index (χ4n) is 2.75. The van der Waals surface area contributed by atoms with Gasteiger partial charge in [-0.15, -0.1) is 0 Å². The predicted octanol–water partition coefficient (Wildman–Crippen LogP) is 4.43. The standard InChI is InChI=1S/C16H25BrN2/c1-12(2)19-9-4-5-14(8-10-19)18-16-11-13(3)6-7-15(16)17/h6-7,11-12,14,18H,4-5,8-10H2,1-3H3. The molecule has 2 rings (SSSR count). The summed E-state index contributed by atoms with van der Waals surface area (Å²) in [5, 5.41) is 3.72. The van der Waals surface area contributed by atoms with Gasteiger partial charge in [0.2, 0.25) is 0 Å². The predicted molar refractivity (Wildman–Crippen MR) is 86.8 cm³/mol. The van der Waals surface area contributed by atoms with E-state index in [1.165, 1.54) is 48.1 Å². The number of nitrogens with one attached hydrogen (secondary N) is 1. The summed E-state index contributed by atoms with van der Waals surface area (Å²) in [6.07, 6.45) is 3.79. The summed E-state index contributed by atoms with van der Waals surface area (Å²) in [7, 11) is 0. The minimum atomic E-state index is 0.599. The number of likely N-dealkylation sites (tertiary alicyclic amines) is 1. The quantitative estimate of drug-likeness (QED) is 0.884. The fraction of sp³-hybridized carbons (Fsp3) is 0.625. The zero-order chi connectivity index (χ0) is 13.8. The van der Waals surface area contributed by atoms with E-state index in [-0.39, 0.29) is 0 Å². The molecule has 1 aromatic carbocycles. The molecule has 1 aliphatic rings. The molecule has 1 aromatic rings. The SMILES string of the molecule is Cc1ccc(Br)c(NC2CCCN(C(C)C)CC2)c1. The van der Waals surface area contributed by atoms with Crippen molar-refractivity contribution in [1.82, 2.24) is 4.90 Å². The van der Waals surface area contributed by atoms with E-state index in [1.807, 2.05) is 0 Å². The molecule has 1 saturated heterocycles. The van der Waals surface area contributed by atoms with Crippen molar-refractivity contribution in [3.63, 3.8) is 0 Å². The number of rotatable bonds is 3. The average Bonchev–Trinajstić information content (AvgIpc) is 2.59. The summed E-state index contributed by atoms with van der Waals surface area (Å²) < 4.78 is 1.17. The van der Waals surface area contributed by atoms with Gasteiger partial charge in [0.15, 0.2) is 0 Å². The lowest BCUT2D eigenvalue weighted by Crippen LogP contribution is -2.32. The molecule has 19 heavy (non-hydrogen) atoms. The molecular formula is C16H25BrN2. The van der Waals surface area contributed by atoms with E-state index >= 15 is 0 Å². The van der Waals surface area contributed by atoms with Gasteiger partial charge in [0.1, 0.15) is 0 Å². The molecule has 0 saturated carbocycles. The Morgan fingerprint density at radius 3 is 2.79 bits per heavy atom. The topological polar surface area (TPSA) is 15.3 Å². The molecule has 1 atom stereocenters. The van der Waals surface area contributed by atoms with Crippen LogP contribution in [0.25, 0.3) is 0 Å². The van der Waals surface area contributed by atoms with Crippen molar-refractivity contribution >= 4 is 21.6 Å². The number of aryl methyl sites for hydroxylation is 1. The van der Waals surface area contributed by atoms with Crippen molar-refractivity contribution in [3.8, 4) is 0 Å². The van der Waals surface area contributed by atoms with Crippen molar-refractivity contribution in [2.75, 3.05) is 18.4 Å². The average molecular weight is 325 g/mol. The van der Waals surface area contributed by atoms with Crippen LogP contribution in [-0.4, -0.2) is 30.1 Å². The van der Waals surface area contributed by atoms with E-state index < -0.39 is 0 Å². The van der Waals surface area contributed by atoms with E-state index in [0.29, 0.717) is 12.1 Å². The monoisotopic (exact) mass is 324 g/mol. The summed E-state index contributed by atoms with van der Waals surface area (Å²) in [4.78, 5) is 2.59. The number of hydrogen-bond acceptors (Lipinski definition) is 2. The van der Waals surface area contributed by atoms with Crippen LogP contribution in [0.1, 0.15) is 38.7 Å². The first-order valence-corrected chi connectivity index (χ1v) is 8.12. The lowest BCUT2D eigenvalue weighted by Gasteiger charge is -2.24. The van der Waals surface area contributed by atoms with Crippen molar-refractivity contribution in [2.24, 2.45) is 0 Å². The molecule has 1 N–H and O–H groups in total. The second-order valence-electron chi connectivity index (χ2n) is 5.89. The summed E-state index contributed by atoms with van der Waals surface area (Å²) in [5.41, 5.74) is 2.55. The molecule has 1 heterocycles. The normalized spacial score (nSPS) is 21.4. The van der Waals surface area contributed by atoms with Crippen LogP contribution in [0.15, 0.2) is 22.7 Å².